The molecule has 1 N–H and O–H groups in total. The van der Waals surface area contributed by atoms with E-state index in [-0.39, 0.29) is 11.3 Å². The summed E-state index contributed by atoms with van der Waals surface area (Å²) in [7, 11) is 1.42. The van der Waals surface area contributed by atoms with E-state index in [4.69, 9.17) is 9.84 Å². The van der Waals surface area contributed by atoms with Crippen molar-refractivity contribution in [2.75, 3.05) is 7.11 Å². The highest BCUT2D eigenvalue weighted by atomic mass is 16.6. The lowest BCUT2D eigenvalue weighted by molar-refractivity contribution is -0.384. The van der Waals surface area contributed by atoms with Crippen LogP contribution in [-0.4, -0.2) is 23.1 Å². The number of benzene rings is 2. The maximum Gasteiger partial charge on any atom is 0.335 e. The quantitative estimate of drug-likeness (QED) is 0.683. The van der Waals surface area contributed by atoms with E-state index in [0.717, 1.165) is 0 Å². The molecular formula is C14H11NO5. The zero-order chi connectivity index (χ0) is 14.7. The number of nitro groups is 1. The third-order valence-corrected chi connectivity index (χ3v) is 2.84. The van der Waals surface area contributed by atoms with Crippen LogP contribution >= 0.6 is 0 Å². The van der Waals surface area contributed by atoms with Crippen molar-refractivity contribution in [2.24, 2.45) is 0 Å². The highest BCUT2D eigenvalue weighted by molar-refractivity contribution is 5.91. The molecule has 0 spiro atoms. The molecule has 0 bridgehead atoms. The lowest BCUT2D eigenvalue weighted by atomic mass is 10.0. The summed E-state index contributed by atoms with van der Waals surface area (Å²) in [5.41, 5.74) is 0.629. The summed E-state index contributed by atoms with van der Waals surface area (Å²) in [6.45, 7) is 0. The Morgan fingerprint density at radius 3 is 2.50 bits per heavy atom. The van der Waals surface area contributed by atoms with Gasteiger partial charge in [0.15, 0.2) is 0 Å². The summed E-state index contributed by atoms with van der Waals surface area (Å²) in [6.07, 6.45) is 0. The monoisotopic (exact) mass is 273 g/mol. The molecule has 0 aliphatic heterocycles. The van der Waals surface area contributed by atoms with Crippen LogP contribution in [0.15, 0.2) is 42.5 Å². The van der Waals surface area contributed by atoms with Crippen LogP contribution in [0.4, 0.5) is 5.69 Å². The van der Waals surface area contributed by atoms with Gasteiger partial charge in [-0.15, -0.1) is 0 Å². The molecule has 0 saturated carbocycles. The molecule has 6 nitrogen and oxygen atoms in total. The van der Waals surface area contributed by atoms with Gasteiger partial charge >= 0.3 is 5.97 Å². The lowest BCUT2D eigenvalue weighted by Crippen LogP contribution is -1.99. The van der Waals surface area contributed by atoms with Crippen LogP contribution in [0.25, 0.3) is 11.1 Å². The first kappa shape index (κ1) is 13.5. The molecule has 0 amide bonds. The number of carboxylic acid groups (broad SMARTS) is 1. The molecule has 2 aromatic rings. The topological polar surface area (TPSA) is 89.7 Å². The van der Waals surface area contributed by atoms with Gasteiger partial charge in [0, 0.05) is 11.6 Å². The summed E-state index contributed by atoms with van der Waals surface area (Å²) >= 11 is 0. The Kier molecular flexibility index (Phi) is 3.65. The number of para-hydroxylation sites is 1. The van der Waals surface area contributed by atoms with Crippen LogP contribution in [0.5, 0.6) is 5.75 Å². The number of carbonyl (C=O) groups is 1. The molecule has 0 aromatic heterocycles. The van der Waals surface area contributed by atoms with Crippen LogP contribution < -0.4 is 4.74 Å². The third kappa shape index (κ3) is 2.44. The van der Waals surface area contributed by atoms with Gasteiger partial charge in [0.05, 0.1) is 23.2 Å². The number of ether oxygens (including phenoxy) is 1. The molecule has 0 heterocycles. The zero-order valence-corrected chi connectivity index (χ0v) is 10.6. The molecular weight excluding hydrogens is 262 g/mol. The van der Waals surface area contributed by atoms with Crippen molar-refractivity contribution < 1.29 is 19.6 Å². The number of aromatic carboxylic acids is 1. The van der Waals surface area contributed by atoms with E-state index in [2.05, 4.69) is 0 Å². The summed E-state index contributed by atoms with van der Waals surface area (Å²) in [5.74, 6) is -0.725. The summed E-state index contributed by atoms with van der Waals surface area (Å²) in [4.78, 5) is 21.6. The molecule has 20 heavy (non-hydrogen) atoms. The van der Waals surface area contributed by atoms with Gasteiger partial charge in [-0.05, 0) is 24.3 Å². The van der Waals surface area contributed by atoms with Crippen LogP contribution in [-0.2, 0) is 0 Å². The number of methoxy groups -OCH3 is 1. The highest BCUT2D eigenvalue weighted by Crippen LogP contribution is 2.36. The van der Waals surface area contributed by atoms with E-state index in [1.807, 2.05) is 0 Å². The van der Waals surface area contributed by atoms with Crippen LogP contribution in [0.1, 0.15) is 10.4 Å². The van der Waals surface area contributed by atoms with Gasteiger partial charge in [0.25, 0.3) is 5.69 Å². The Bertz CT molecular complexity index is 681. The number of carboxylic acids is 1. The van der Waals surface area contributed by atoms with Crippen molar-refractivity contribution in [3.8, 4) is 16.9 Å². The van der Waals surface area contributed by atoms with Crippen LogP contribution in [0.2, 0.25) is 0 Å². The van der Waals surface area contributed by atoms with Crippen molar-refractivity contribution in [1.82, 2.24) is 0 Å². The average molecular weight is 273 g/mol. The Morgan fingerprint density at radius 1 is 1.20 bits per heavy atom. The zero-order valence-electron chi connectivity index (χ0n) is 10.6. The smallest absolute Gasteiger partial charge is 0.335 e. The van der Waals surface area contributed by atoms with E-state index < -0.39 is 10.9 Å². The number of hydrogen-bond acceptors (Lipinski definition) is 4. The fourth-order valence-corrected chi connectivity index (χ4v) is 1.91. The maximum atomic E-state index is 11.1. The molecule has 0 aliphatic rings. The minimum Gasteiger partial charge on any atom is -0.496 e. The standard InChI is InChI=1S/C14H11NO5/c1-20-13-7-6-9(14(16)17)8-11(13)10-4-2-3-5-12(10)15(18)19/h2-8H,1H3,(H,16,17). The van der Waals surface area contributed by atoms with E-state index in [1.54, 1.807) is 18.2 Å². The summed E-state index contributed by atoms with van der Waals surface area (Å²) < 4.78 is 5.15. The fourth-order valence-electron chi connectivity index (χ4n) is 1.91. The van der Waals surface area contributed by atoms with Crippen molar-refractivity contribution >= 4 is 11.7 Å². The number of rotatable bonds is 4. The van der Waals surface area contributed by atoms with E-state index in [1.165, 1.54) is 31.4 Å². The van der Waals surface area contributed by atoms with Crippen LogP contribution in [0, 0.1) is 10.1 Å². The van der Waals surface area contributed by atoms with Crippen molar-refractivity contribution in [1.29, 1.82) is 0 Å². The molecule has 0 radical (unpaired) electrons. The Morgan fingerprint density at radius 2 is 1.90 bits per heavy atom. The van der Waals surface area contributed by atoms with E-state index >= 15 is 0 Å². The lowest BCUT2D eigenvalue weighted by Gasteiger charge is -2.10. The van der Waals surface area contributed by atoms with Gasteiger partial charge in [0.2, 0.25) is 0 Å². The van der Waals surface area contributed by atoms with Gasteiger partial charge in [-0.3, -0.25) is 10.1 Å². The van der Waals surface area contributed by atoms with Gasteiger partial charge in [0.1, 0.15) is 5.75 Å². The molecule has 2 aromatic carbocycles. The van der Waals surface area contributed by atoms with Gasteiger partial charge in [-0.1, -0.05) is 12.1 Å². The number of nitrogens with zero attached hydrogens (tertiary/aromatic N) is 1. The predicted octanol–water partition coefficient (Wildman–Crippen LogP) is 2.97. The highest BCUT2D eigenvalue weighted by Gasteiger charge is 2.19. The molecule has 0 fully saturated rings. The first-order chi connectivity index (χ1) is 9.54. The fraction of sp³-hybridized carbons (Fsp3) is 0.0714. The second-order valence-corrected chi connectivity index (χ2v) is 3.99. The Labute approximate surface area is 114 Å². The molecule has 0 saturated heterocycles. The normalized spacial score (nSPS) is 10.1. The molecule has 102 valence electrons. The second-order valence-electron chi connectivity index (χ2n) is 3.99. The minimum absolute atomic E-state index is 0.0407. The third-order valence-electron chi connectivity index (χ3n) is 2.84. The molecule has 0 atom stereocenters. The van der Waals surface area contributed by atoms with Crippen molar-refractivity contribution in [2.45, 2.75) is 0 Å². The maximum absolute atomic E-state index is 11.1. The van der Waals surface area contributed by atoms with Crippen molar-refractivity contribution in [3.05, 3.63) is 58.1 Å². The number of nitro benzene ring substituents is 1. The van der Waals surface area contributed by atoms with Gasteiger partial charge in [-0.25, -0.2) is 4.79 Å². The first-order valence-corrected chi connectivity index (χ1v) is 5.69. The van der Waals surface area contributed by atoms with E-state index in [9.17, 15) is 14.9 Å². The van der Waals surface area contributed by atoms with Crippen LogP contribution in [0.3, 0.4) is 0 Å². The largest absolute Gasteiger partial charge is 0.496 e. The second kappa shape index (κ2) is 5.40. The Hall–Kier alpha value is -2.89. The van der Waals surface area contributed by atoms with E-state index in [0.29, 0.717) is 16.9 Å². The number of hydrogen-bond donors (Lipinski definition) is 1. The van der Waals surface area contributed by atoms with Gasteiger partial charge in [-0.2, -0.15) is 0 Å². The SMILES string of the molecule is COc1ccc(C(=O)O)cc1-c1ccccc1[N+](=O)[O-]. The first-order valence-electron chi connectivity index (χ1n) is 5.69. The minimum atomic E-state index is -1.10. The predicted molar refractivity (Wildman–Crippen MR) is 72.0 cm³/mol. The van der Waals surface area contributed by atoms with Crippen molar-refractivity contribution in [3.63, 3.8) is 0 Å². The summed E-state index contributed by atoms with van der Waals surface area (Å²) in [6, 6.07) is 10.4. The molecule has 2 rings (SSSR count). The molecule has 0 unspecified atom stereocenters. The molecule has 0 aliphatic carbocycles. The van der Waals surface area contributed by atoms with Gasteiger partial charge < -0.3 is 9.84 Å². The summed E-state index contributed by atoms with van der Waals surface area (Å²) in [5, 5.41) is 20.1. The average Bonchev–Trinajstić information content (AvgIpc) is 2.46. The molecule has 6 heteroatoms. The Balaban J connectivity index is 2.70.